The van der Waals surface area contributed by atoms with E-state index < -0.39 is 0 Å². The molecule has 0 N–H and O–H groups in total. The van der Waals surface area contributed by atoms with E-state index in [2.05, 4.69) is 31.9 Å². The Bertz CT molecular complexity index is 807. The van der Waals surface area contributed by atoms with Crippen LogP contribution in [0.5, 0.6) is 0 Å². The first-order chi connectivity index (χ1) is 13.5. The number of aryl methyl sites for hydroxylation is 1. The summed E-state index contributed by atoms with van der Waals surface area (Å²) in [7, 11) is 0. The Hall–Kier alpha value is -1.38. The number of allylic oxidation sites excluding steroid dienone is 1. The second-order valence-corrected chi connectivity index (χ2v) is 10.7. The van der Waals surface area contributed by atoms with Gasteiger partial charge >= 0.3 is 0 Å². The number of hydrogen-bond acceptors (Lipinski definition) is 2. The Labute approximate surface area is 170 Å². The zero-order valence-corrected chi connectivity index (χ0v) is 17.9. The van der Waals surface area contributed by atoms with E-state index in [1.54, 1.807) is 0 Å². The fraction of sp³-hybridized carbons (Fsp3) is 0.760. The van der Waals surface area contributed by atoms with E-state index in [9.17, 15) is 4.79 Å². The van der Waals surface area contributed by atoms with Gasteiger partial charge in [-0.05, 0) is 98.7 Å². The number of carbonyl (C=O) groups is 1. The molecule has 0 aliphatic heterocycles. The maximum atomic E-state index is 13.5. The molecule has 0 unspecified atom stereocenters. The number of ketones is 1. The summed E-state index contributed by atoms with van der Waals surface area (Å²) in [5.74, 6) is 3.52. The van der Waals surface area contributed by atoms with Crippen LogP contribution < -0.4 is 0 Å². The van der Waals surface area contributed by atoms with Gasteiger partial charge in [0, 0.05) is 18.2 Å². The van der Waals surface area contributed by atoms with Gasteiger partial charge in [0.25, 0.3) is 0 Å². The van der Waals surface area contributed by atoms with Crippen molar-refractivity contribution in [3.05, 3.63) is 23.5 Å². The molecule has 5 rings (SSSR count). The van der Waals surface area contributed by atoms with Crippen LogP contribution in [0, 0.1) is 34.5 Å². The normalized spacial score (nSPS) is 44.2. The average molecular weight is 381 g/mol. The first kappa shape index (κ1) is 18.6. The Balaban J connectivity index is 1.45. The van der Waals surface area contributed by atoms with Crippen molar-refractivity contribution in [2.45, 2.75) is 85.1 Å². The van der Waals surface area contributed by atoms with E-state index in [4.69, 9.17) is 0 Å². The Kier molecular flexibility index (Phi) is 4.37. The number of nitrogens with zero attached hydrogens (tertiary/aromatic N) is 2. The number of aromatic nitrogens is 2. The Morgan fingerprint density at radius 2 is 2.00 bits per heavy atom. The number of Topliss-reactive ketones (excluding diaryl/α,β-unsaturated/α-hetero) is 1. The molecule has 1 aromatic rings. The van der Waals surface area contributed by atoms with Crippen molar-refractivity contribution in [1.82, 2.24) is 9.78 Å². The number of carbonyl (C=O) groups excluding carboxylic acids is 1. The van der Waals surface area contributed by atoms with E-state index in [0.29, 0.717) is 17.1 Å². The molecule has 28 heavy (non-hydrogen) atoms. The molecule has 4 fully saturated rings. The molecule has 4 aliphatic rings. The van der Waals surface area contributed by atoms with Crippen molar-refractivity contribution in [2.24, 2.45) is 34.5 Å². The molecule has 4 saturated carbocycles. The van der Waals surface area contributed by atoms with Gasteiger partial charge in [-0.15, -0.1) is 0 Å². The smallest absolute Gasteiger partial charge is 0.165 e. The molecule has 152 valence electrons. The highest BCUT2D eigenvalue weighted by Crippen LogP contribution is 2.66. The number of fused-ring (bicyclic) bond motifs is 5. The standard InChI is InChI=1S/C25H36N2O/c1-4-27-14-11-19(26-27)15-17-16-22-20-9-8-18-7-5-6-12-24(18,2)21(20)10-13-25(22,3)23(17)28/h11,14-15,18,20-22H,4-10,12-13,16H2,1-3H3/b17-15-/t18-,20-,21+,22+,24-,25+/m0/s1. The van der Waals surface area contributed by atoms with Gasteiger partial charge < -0.3 is 0 Å². The highest BCUT2D eigenvalue weighted by Gasteiger charge is 2.60. The first-order valence-corrected chi connectivity index (χ1v) is 11.7. The van der Waals surface area contributed by atoms with Gasteiger partial charge in [-0.2, -0.15) is 5.10 Å². The summed E-state index contributed by atoms with van der Waals surface area (Å²) in [5.41, 5.74) is 2.41. The molecule has 0 bridgehead atoms. The van der Waals surface area contributed by atoms with Crippen molar-refractivity contribution in [1.29, 1.82) is 0 Å². The molecule has 0 aromatic carbocycles. The first-order valence-electron chi connectivity index (χ1n) is 11.7. The molecule has 4 aliphatic carbocycles. The predicted octanol–water partition coefficient (Wildman–Crippen LogP) is 5.90. The predicted molar refractivity (Wildman–Crippen MR) is 113 cm³/mol. The lowest BCUT2D eigenvalue weighted by atomic mass is 9.45. The monoisotopic (exact) mass is 380 g/mol. The van der Waals surface area contributed by atoms with Gasteiger partial charge in [-0.25, -0.2) is 0 Å². The average Bonchev–Trinajstić information content (AvgIpc) is 3.25. The third-order valence-corrected chi connectivity index (χ3v) is 9.53. The second-order valence-electron chi connectivity index (χ2n) is 10.7. The van der Waals surface area contributed by atoms with Gasteiger partial charge in [0.05, 0.1) is 5.69 Å². The lowest BCUT2D eigenvalue weighted by Crippen LogP contribution is -2.52. The lowest BCUT2D eigenvalue weighted by Gasteiger charge is -2.59. The van der Waals surface area contributed by atoms with Crippen molar-refractivity contribution in [3.63, 3.8) is 0 Å². The van der Waals surface area contributed by atoms with E-state index in [1.807, 2.05) is 16.9 Å². The zero-order valence-electron chi connectivity index (χ0n) is 17.9. The van der Waals surface area contributed by atoms with Crippen LogP contribution in [-0.2, 0) is 11.3 Å². The summed E-state index contributed by atoms with van der Waals surface area (Å²) in [4.78, 5) is 13.5. The van der Waals surface area contributed by atoms with Crippen molar-refractivity contribution in [3.8, 4) is 0 Å². The van der Waals surface area contributed by atoms with Gasteiger partial charge in [-0.1, -0.05) is 26.7 Å². The molecule has 3 heteroatoms. The van der Waals surface area contributed by atoms with Crippen LogP contribution >= 0.6 is 0 Å². The molecular formula is C25H36N2O. The maximum Gasteiger partial charge on any atom is 0.165 e. The molecule has 0 spiro atoms. The summed E-state index contributed by atoms with van der Waals surface area (Å²) < 4.78 is 1.95. The Morgan fingerprint density at radius 3 is 2.79 bits per heavy atom. The molecule has 6 atom stereocenters. The van der Waals surface area contributed by atoms with Crippen molar-refractivity contribution < 1.29 is 4.79 Å². The maximum absolute atomic E-state index is 13.5. The van der Waals surface area contributed by atoms with Gasteiger partial charge in [0.1, 0.15) is 0 Å². The van der Waals surface area contributed by atoms with Gasteiger partial charge in [0.15, 0.2) is 5.78 Å². The topological polar surface area (TPSA) is 34.9 Å². The van der Waals surface area contributed by atoms with E-state index >= 15 is 0 Å². The zero-order chi connectivity index (χ0) is 19.5. The van der Waals surface area contributed by atoms with Crippen LogP contribution in [0.2, 0.25) is 0 Å². The third kappa shape index (κ3) is 2.60. The molecular weight excluding hydrogens is 344 g/mol. The van der Waals surface area contributed by atoms with E-state index in [0.717, 1.165) is 48.4 Å². The summed E-state index contributed by atoms with van der Waals surface area (Å²) in [5, 5.41) is 4.60. The minimum absolute atomic E-state index is 0.127. The number of rotatable bonds is 2. The van der Waals surface area contributed by atoms with E-state index in [1.165, 1.54) is 44.9 Å². The van der Waals surface area contributed by atoms with Crippen molar-refractivity contribution in [2.75, 3.05) is 0 Å². The Morgan fingerprint density at radius 1 is 1.14 bits per heavy atom. The summed E-state index contributed by atoms with van der Waals surface area (Å²) in [6, 6.07) is 2.05. The minimum atomic E-state index is -0.127. The summed E-state index contributed by atoms with van der Waals surface area (Å²) in [6.45, 7) is 7.88. The van der Waals surface area contributed by atoms with Crippen LogP contribution in [0.15, 0.2) is 17.8 Å². The van der Waals surface area contributed by atoms with Crippen LogP contribution in [0.1, 0.15) is 84.3 Å². The molecule has 3 nitrogen and oxygen atoms in total. The second kappa shape index (κ2) is 6.57. The molecule has 0 amide bonds. The summed E-state index contributed by atoms with van der Waals surface area (Å²) in [6.07, 6.45) is 16.0. The van der Waals surface area contributed by atoms with Crippen LogP contribution in [0.4, 0.5) is 0 Å². The van der Waals surface area contributed by atoms with Gasteiger partial charge in [0.2, 0.25) is 0 Å². The molecule has 1 heterocycles. The van der Waals surface area contributed by atoms with E-state index in [-0.39, 0.29) is 5.41 Å². The minimum Gasteiger partial charge on any atom is -0.294 e. The number of hydrogen-bond donors (Lipinski definition) is 0. The van der Waals surface area contributed by atoms with Crippen LogP contribution in [-0.4, -0.2) is 15.6 Å². The molecule has 1 aromatic heterocycles. The lowest BCUT2D eigenvalue weighted by molar-refractivity contribution is -0.137. The summed E-state index contributed by atoms with van der Waals surface area (Å²) >= 11 is 0. The van der Waals surface area contributed by atoms with Gasteiger partial charge in [-0.3, -0.25) is 9.48 Å². The fourth-order valence-corrected chi connectivity index (χ4v) is 7.90. The highest BCUT2D eigenvalue weighted by atomic mass is 16.1. The van der Waals surface area contributed by atoms with Crippen LogP contribution in [0.25, 0.3) is 6.08 Å². The molecule has 0 radical (unpaired) electrons. The largest absolute Gasteiger partial charge is 0.294 e. The fourth-order valence-electron chi connectivity index (χ4n) is 7.90. The quantitative estimate of drug-likeness (QED) is 0.599. The van der Waals surface area contributed by atoms with Crippen molar-refractivity contribution >= 4 is 11.9 Å². The SMILES string of the molecule is CCn1ccc(/C=C2/C[C@@H]3[C@H]4CC[C@@H]5CCCC[C@]5(C)[C@@H]4CC[C@@]3(C)C2=O)n1. The van der Waals surface area contributed by atoms with Crippen LogP contribution in [0.3, 0.4) is 0 Å². The molecule has 0 saturated heterocycles. The third-order valence-electron chi connectivity index (χ3n) is 9.53. The highest BCUT2D eigenvalue weighted by molar-refractivity contribution is 6.05.